The van der Waals surface area contributed by atoms with Crippen molar-refractivity contribution in [3.8, 4) is 0 Å². The highest BCUT2D eigenvalue weighted by Gasteiger charge is 2.35. The Morgan fingerprint density at radius 2 is 1.71 bits per heavy atom. The van der Waals surface area contributed by atoms with Gasteiger partial charge in [-0.25, -0.2) is 4.39 Å². The first kappa shape index (κ1) is 16.6. The molecule has 1 saturated carbocycles. The molecule has 3 heteroatoms. The molecule has 0 N–H and O–H groups in total. The first-order valence-corrected chi connectivity index (χ1v) is 8.35. The molecule has 0 bridgehead atoms. The van der Waals surface area contributed by atoms with Crippen LogP contribution in [0.15, 0.2) is 48.5 Å². The van der Waals surface area contributed by atoms with Crippen molar-refractivity contribution < 1.29 is 14.0 Å². The van der Waals surface area contributed by atoms with Gasteiger partial charge in [0.1, 0.15) is 17.4 Å². The maximum atomic E-state index is 12.9. The molecule has 1 aliphatic rings. The van der Waals surface area contributed by atoms with Gasteiger partial charge in [0.15, 0.2) is 0 Å². The van der Waals surface area contributed by atoms with Crippen molar-refractivity contribution in [1.29, 1.82) is 0 Å². The number of aryl methyl sites for hydroxylation is 1. The third kappa shape index (κ3) is 3.97. The number of carbonyl (C=O) groups excluding carboxylic acids is 2. The van der Waals surface area contributed by atoms with Crippen LogP contribution in [0, 0.1) is 18.7 Å². The summed E-state index contributed by atoms with van der Waals surface area (Å²) in [6.45, 7) is 2.04. The van der Waals surface area contributed by atoms with E-state index in [2.05, 4.69) is 24.3 Å². The van der Waals surface area contributed by atoms with E-state index >= 15 is 0 Å². The summed E-state index contributed by atoms with van der Waals surface area (Å²) in [7, 11) is 0. The molecule has 124 valence electrons. The molecule has 0 heterocycles. The molecule has 0 aliphatic heterocycles. The van der Waals surface area contributed by atoms with Gasteiger partial charge in [0.05, 0.1) is 0 Å². The Morgan fingerprint density at radius 3 is 2.38 bits per heavy atom. The predicted molar refractivity (Wildman–Crippen MR) is 91.4 cm³/mol. The number of hydrogen-bond donors (Lipinski definition) is 0. The number of carbonyl (C=O) groups is 2. The van der Waals surface area contributed by atoms with E-state index < -0.39 is 0 Å². The van der Waals surface area contributed by atoms with Gasteiger partial charge in [-0.2, -0.15) is 0 Å². The molecule has 0 aromatic heterocycles. The van der Waals surface area contributed by atoms with Crippen molar-refractivity contribution in [3.05, 3.63) is 71.0 Å². The van der Waals surface area contributed by atoms with Crippen LogP contribution in [0.4, 0.5) is 4.39 Å². The zero-order valence-corrected chi connectivity index (χ0v) is 13.8. The lowest BCUT2D eigenvalue weighted by molar-refractivity contribution is -0.119. The maximum Gasteiger partial charge on any atom is 0.137 e. The first-order valence-electron chi connectivity index (χ1n) is 8.35. The summed E-state index contributed by atoms with van der Waals surface area (Å²) in [6.07, 6.45) is 1.71. The van der Waals surface area contributed by atoms with E-state index in [1.807, 2.05) is 6.92 Å². The van der Waals surface area contributed by atoms with Crippen LogP contribution in [0.2, 0.25) is 0 Å². The van der Waals surface area contributed by atoms with Crippen LogP contribution in [-0.4, -0.2) is 11.6 Å². The third-order valence-electron chi connectivity index (χ3n) is 4.82. The molecule has 0 radical (unpaired) electrons. The van der Waals surface area contributed by atoms with Crippen molar-refractivity contribution in [2.24, 2.45) is 5.92 Å². The van der Waals surface area contributed by atoms with Crippen molar-refractivity contribution in [2.75, 3.05) is 0 Å². The zero-order valence-electron chi connectivity index (χ0n) is 13.8. The molecular weight excluding hydrogens is 303 g/mol. The lowest BCUT2D eigenvalue weighted by Gasteiger charge is -2.19. The van der Waals surface area contributed by atoms with Gasteiger partial charge >= 0.3 is 0 Å². The second-order valence-electron chi connectivity index (χ2n) is 6.77. The van der Waals surface area contributed by atoms with Crippen LogP contribution >= 0.6 is 0 Å². The topological polar surface area (TPSA) is 34.1 Å². The van der Waals surface area contributed by atoms with E-state index in [4.69, 9.17) is 0 Å². The Labute approximate surface area is 141 Å². The van der Waals surface area contributed by atoms with Gasteiger partial charge in [0.2, 0.25) is 0 Å². The highest BCUT2D eigenvalue weighted by atomic mass is 19.1. The maximum absolute atomic E-state index is 12.9. The van der Waals surface area contributed by atoms with Crippen LogP contribution in [0.25, 0.3) is 0 Å². The van der Waals surface area contributed by atoms with E-state index in [1.165, 1.54) is 17.7 Å². The van der Waals surface area contributed by atoms with E-state index in [0.29, 0.717) is 25.7 Å². The number of ketones is 2. The number of rotatable bonds is 5. The Balaban J connectivity index is 1.67. The van der Waals surface area contributed by atoms with Crippen molar-refractivity contribution in [2.45, 2.75) is 38.5 Å². The average Bonchev–Trinajstić information content (AvgIpc) is 2.90. The van der Waals surface area contributed by atoms with Gasteiger partial charge in [0, 0.05) is 25.7 Å². The molecular formula is C21H21FO2. The van der Waals surface area contributed by atoms with Crippen molar-refractivity contribution >= 4 is 11.6 Å². The van der Waals surface area contributed by atoms with Crippen molar-refractivity contribution in [1.82, 2.24) is 0 Å². The molecule has 24 heavy (non-hydrogen) atoms. The number of hydrogen-bond acceptors (Lipinski definition) is 2. The lowest BCUT2D eigenvalue weighted by atomic mass is 9.84. The van der Waals surface area contributed by atoms with Gasteiger partial charge in [0.25, 0.3) is 0 Å². The molecule has 2 aromatic carbocycles. The summed E-state index contributed by atoms with van der Waals surface area (Å²) in [4.78, 5) is 24.3. The second kappa shape index (κ2) is 7.08. The molecule has 0 amide bonds. The van der Waals surface area contributed by atoms with Crippen LogP contribution in [0.5, 0.6) is 0 Å². The normalized spacial score (nSPS) is 20.3. The van der Waals surface area contributed by atoms with E-state index in [0.717, 1.165) is 11.1 Å². The largest absolute Gasteiger partial charge is 0.300 e. The first-order chi connectivity index (χ1) is 11.5. The average molecular weight is 324 g/mol. The van der Waals surface area contributed by atoms with Gasteiger partial charge in [-0.15, -0.1) is 0 Å². The number of Topliss-reactive ketones (excluding diaryl/α,β-unsaturated/α-hetero) is 2. The van der Waals surface area contributed by atoms with Gasteiger partial charge in [-0.05, 0) is 42.0 Å². The smallest absolute Gasteiger partial charge is 0.137 e. The molecule has 3 rings (SSSR count). The fraction of sp³-hybridized carbons (Fsp3) is 0.333. The van der Waals surface area contributed by atoms with Crippen LogP contribution in [-0.2, 0) is 16.0 Å². The molecule has 2 atom stereocenters. The SMILES string of the molecule is Cc1ccc(C2CC(=O)CC2CC(=O)Cc2ccc(F)cc2)cc1. The molecule has 1 fully saturated rings. The van der Waals surface area contributed by atoms with E-state index in [9.17, 15) is 14.0 Å². The zero-order chi connectivity index (χ0) is 17.1. The summed E-state index contributed by atoms with van der Waals surface area (Å²) < 4.78 is 12.9. The van der Waals surface area contributed by atoms with E-state index in [1.54, 1.807) is 12.1 Å². The van der Waals surface area contributed by atoms with Crippen LogP contribution in [0.1, 0.15) is 41.9 Å². The lowest BCUT2D eigenvalue weighted by Crippen LogP contribution is -2.14. The minimum absolute atomic E-state index is 0.0770. The second-order valence-corrected chi connectivity index (χ2v) is 6.77. The molecule has 2 aromatic rings. The highest BCUT2D eigenvalue weighted by Crippen LogP contribution is 2.40. The predicted octanol–water partition coefficient (Wildman–Crippen LogP) is 4.40. The summed E-state index contributed by atoms with van der Waals surface area (Å²) in [5.74, 6) is 0.258. The summed E-state index contributed by atoms with van der Waals surface area (Å²) >= 11 is 0. The van der Waals surface area contributed by atoms with Gasteiger partial charge in [-0.1, -0.05) is 42.0 Å². The molecule has 1 aliphatic carbocycles. The summed E-state index contributed by atoms with van der Waals surface area (Å²) in [6, 6.07) is 14.3. The quantitative estimate of drug-likeness (QED) is 0.817. The monoisotopic (exact) mass is 324 g/mol. The molecule has 2 nitrogen and oxygen atoms in total. The summed E-state index contributed by atoms with van der Waals surface area (Å²) in [5.41, 5.74) is 3.15. The molecule has 2 unspecified atom stereocenters. The highest BCUT2D eigenvalue weighted by molar-refractivity contribution is 5.86. The minimum atomic E-state index is -0.299. The van der Waals surface area contributed by atoms with E-state index in [-0.39, 0.29) is 29.2 Å². The van der Waals surface area contributed by atoms with Crippen molar-refractivity contribution in [3.63, 3.8) is 0 Å². The Kier molecular flexibility index (Phi) is 4.89. The van der Waals surface area contributed by atoms with Crippen LogP contribution in [0.3, 0.4) is 0 Å². The number of halogens is 1. The van der Waals surface area contributed by atoms with Gasteiger partial charge < -0.3 is 0 Å². The third-order valence-corrected chi connectivity index (χ3v) is 4.82. The van der Waals surface area contributed by atoms with Crippen LogP contribution < -0.4 is 0 Å². The molecule has 0 saturated heterocycles. The fourth-order valence-corrected chi connectivity index (χ4v) is 3.54. The summed E-state index contributed by atoms with van der Waals surface area (Å²) in [5, 5.41) is 0. The standard InChI is InChI=1S/C21H21FO2/c1-14-2-6-16(7-3-14)21-13-20(24)12-17(21)11-19(23)10-15-4-8-18(22)9-5-15/h2-9,17,21H,10-13H2,1H3. The fourth-order valence-electron chi connectivity index (χ4n) is 3.54. The number of benzene rings is 2. The Hall–Kier alpha value is -2.29. The Morgan fingerprint density at radius 1 is 1.04 bits per heavy atom. The minimum Gasteiger partial charge on any atom is -0.300 e. The van der Waals surface area contributed by atoms with Gasteiger partial charge in [-0.3, -0.25) is 9.59 Å². The Bertz CT molecular complexity index is 731. The molecule has 0 spiro atoms.